The molecule has 0 aliphatic carbocycles. The maximum absolute atomic E-state index is 5.10. The minimum atomic E-state index is 0.752. The molecule has 0 aromatic heterocycles. The molecule has 0 amide bonds. The van der Waals surface area contributed by atoms with Gasteiger partial charge in [-0.1, -0.05) is 6.58 Å². The van der Waals surface area contributed by atoms with Gasteiger partial charge in [-0.3, -0.25) is 0 Å². The lowest BCUT2D eigenvalue weighted by Crippen LogP contribution is -2.16. The fourth-order valence-corrected chi connectivity index (χ4v) is 0.621. The Kier molecular flexibility index (Phi) is 1.89. The summed E-state index contributed by atoms with van der Waals surface area (Å²) in [6.45, 7) is 3.73. The first-order valence-corrected chi connectivity index (χ1v) is 2.91. The maximum Gasteiger partial charge on any atom is 0.136 e. The van der Waals surface area contributed by atoms with Crippen LogP contribution in [0, 0.1) is 0 Å². The molecule has 3 heteroatoms. The number of nitrogens with one attached hydrogen (secondary N) is 1. The third-order valence-corrected chi connectivity index (χ3v) is 1.10. The van der Waals surface area contributed by atoms with Crippen LogP contribution >= 0.6 is 0 Å². The predicted molar refractivity (Wildman–Crippen MR) is 42.2 cm³/mol. The molecular weight excluding hydrogens is 126 g/mol. The zero-order valence-electron chi connectivity index (χ0n) is 5.54. The molecule has 0 spiro atoms. The average Bonchev–Trinajstić information content (AvgIpc) is 2.31. The Morgan fingerprint density at radius 1 is 1.70 bits per heavy atom. The predicted octanol–water partition coefficient (Wildman–Crippen LogP) is 0.488. The van der Waals surface area contributed by atoms with Crippen LogP contribution in [-0.4, -0.2) is 5.84 Å². The molecule has 0 aromatic rings. The normalized spacial score (nSPS) is 16.4. The summed E-state index contributed by atoms with van der Waals surface area (Å²) in [5.74, 6) is 0.752. The third-order valence-electron chi connectivity index (χ3n) is 1.10. The van der Waals surface area contributed by atoms with Crippen molar-refractivity contribution in [1.82, 2.24) is 5.32 Å². The van der Waals surface area contributed by atoms with E-state index in [-0.39, 0.29) is 0 Å². The van der Waals surface area contributed by atoms with Crippen molar-refractivity contribution >= 4 is 5.84 Å². The number of amidine groups is 1. The lowest BCUT2D eigenvalue weighted by Gasteiger charge is -1.97. The summed E-state index contributed by atoms with van der Waals surface area (Å²) in [6, 6.07) is 0. The molecular formula is C7H9N3. The first-order chi connectivity index (χ1) is 4.84. The first-order valence-electron chi connectivity index (χ1n) is 2.91. The molecule has 1 heterocycles. The van der Waals surface area contributed by atoms with Crippen molar-refractivity contribution in [1.29, 1.82) is 0 Å². The van der Waals surface area contributed by atoms with E-state index in [1.807, 2.05) is 6.08 Å². The Bertz CT molecular complexity index is 223. The molecule has 52 valence electrons. The van der Waals surface area contributed by atoms with Crippen molar-refractivity contribution in [2.24, 2.45) is 10.7 Å². The first kappa shape index (κ1) is 6.61. The zero-order valence-corrected chi connectivity index (χ0v) is 5.54. The Morgan fingerprint density at radius 3 is 3.00 bits per heavy atom. The fraction of sp³-hybridized carbons (Fsp3) is 0. The zero-order chi connectivity index (χ0) is 7.40. The highest BCUT2D eigenvalue weighted by molar-refractivity contribution is 6.02. The van der Waals surface area contributed by atoms with E-state index in [1.54, 1.807) is 12.4 Å². The second-order valence-electron chi connectivity index (χ2n) is 1.82. The van der Waals surface area contributed by atoms with Gasteiger partial charge in [-0.15, -0.1) is 0 Å². The standard InChI is InChI=1S/C7H9N3/c1-6-2-4-9-7(6)10-5-3-8/h2-5H,1,8H2,(H,9,10)/b5-3-. The molecule has 1 aliphatic rings. The van der Waals surface area contributed by atoms with Gasteiger partial charge in [0, 0.05) is 24.2 Å². The molecule has 10 heavy (non-hydrogen) atoms. The summed E-state index contributed by atoms with van der Waals surface area (Å²) in [7, 11) is 0. The van der Waals surface area contributed by atoms with Crippen LogP contribution in [0.3, 0.4) is 0 Å². The van der Waals surface area contributed by atoms with E-state index in [2.05, 4.69) is 16.9 Å². The SMILES string of the molecule is C=C1C=CN=C1N/C=C\N. The summed E-state index contributed by atoms with van der Waals surface area (Å²) in [4.78, 5) is 3.97. The van der Waals surface area contributed by atoms with Crippen LogP contribution in [0.1, 0.15) is 0 Å². The minimum absolute atomic E-state index is 0.752. The largest absolute Gasteiger partial charge is 0.403 e. The monoisotopic (exact) mass is 135 g/mol. The van der Waals surface area contributed by atoms with E-state index in [9.17, 15) is 0 Å². The van der Waals surface area contributed by atoms with E-state index >= 15 is 0 Å². The summed E-state index contributed by atoms with van der Waals surface area (Å²) in [5, 5.41) is 2.86. The van der Waals surface area contributed by atoms with Crippen molar-refractivity contribution in [2.75, 3.05) is 0 Å². The molecule has 0 unspecified atom stereocenters. The highest BCUT2D eigenvalue weighted by atomic mass is 15.0. The molecule has 0 radical (unpaired) electrons. The molecule has 0 saturated carbocycles. The number of hydrogen-bond acceptors (Lipinski definition) is 3. The van der Waals surface area contributed by atoms with Crippen LogP contribution in [-0.2, 0) is 0 Å². The van der Waals surface area contributed by atoms with E-state index in [0.29, 0.717) is 0 Å². The second-order valence-corrected chi connectivity index (χ2v) is 1.82. The summed E-state index contributed by atoms with van der Waals surface area (Å²) in [5.41, 5.74) is 5.98. The molecule has 0 atom stereocenters. The van der Waals surface area contributed by atoms with E-state index < -0.39 is 0 Å². The van der Waals surface area contributed by atoms with Crippen molar-refractivity contribution in [3.8, 4) is 0 Å². The lowest BCUT2D eigenvalue weighted by molar-refractivity contribution is 1.25. The molecule has 0 aromatic carbocycles. The number of hydrogen-bond donors (Lipinski definition) is 2. The number of nitrogens with zero attached hydrogens (tertiary/aromatic N) is 1. The molecule has 0 saturated heterocycles. The highest BCUT2D eigenvalue weighted by Crippen LogP contribution is 2.02. The van der Waals surface area contributed by atoms with Crippen molar-refractivity contribution in [2.45, 2.75) is 0 Å². The summed E-state index contributed by atoms with van der Waals surface area (Å²) >= 11 is 0. The van der Waals surface area contributed by atoms with Gasteiger partial charge in [-0.25, -0.2) is 4.99 Å². The Morgan fingerprint density at radius 2 is 2.50 bits per heavy atom. The minimum Gasteiger partial charge on any atom is -0.403 e. The molecule has 1 aliphatic heterocycles. The van der Waals surface area contributed by atoms with Crippen LogP contribution in [0.25, 0.3) is 0 Å². The number of nitrogens with two attached hydrogens (primary N) is 1. The molecule has 3 nitrogen and oxygen atoms in total. The smallest absolute Gasteiger partial charge is 0.136 e. The van der Waals surface area contributed by atoms with Crippen molar-refractivity contribution in [3.63, 3.8) is 0 Å². The fourth-order valence-electron chi connectivity index (χ4n) is 0.621. The second kappa shape index (κ2) is 2.87. The highest BCUT2D eigenvalue weighted by Gasteiger charge is 2.01. The van der Waals surface area contributed by atoms with Gasteiger partial charge >= 0.3 is 0 Å². The Balaban J connectivity index is 2.52. The summed E-state index contributed by atoms with van der Waals surface area (Å²) in [6.07, 6.45) is 6.53. The molecule has 0 bridgehead atoms. The van der Waals surface area contributed by atoms with E-state index in [4.69, 9.17) is 5.73 Å². The molecule has 1 rings (SSSR count). The third kappa shape index (κ3) is 1.25. The quantitative estimate of drug-likeness (QED) is 0.549. The number of rotatable bonds is 1. The Labute approximate surface area is 59.6 Å². The maximum atomic E-state index is 5.10. The van der Waals surface area contributed by atoms with Gasteiger partial charge < -0.3 is 11.1 Å². The topological polar surface area (TPSA) is 50.4 Å². The van der Waals surface area contributed by atoms with Gasteiger partial charge in [-0.05, 0) is 6.08 Å². The van der Waals surface area contributed by atoms with Gasteiger partial charge in [0.15, 0.2) is 0 Å². The van der Waals surface area contributed by atoms with Crippen LogP contribution in [0.15, 0.2) is 41.8 Å². The summed E-state index contributed by atoms with van der Waals surface area (Å²) < 4.78 is 0. The van der Waals surface area contributed by atoms with E-state index in [0.717, 1.165) is 11.4 Å². The van der Waals surface area contributed by atoms with Gasteiger partial charge in [0.1, 0.15) is 5.84 Å². The average molecular weight is 135 g/mol. The van der Waals surface area contributed by atoms with Gasteiger partial charge in [-0.2, -0.15) is 0 Å². The van der Waals surface area contributed by atoms with Crippen LogP contribution in [0.5, 0.6) is 0 Å². The van der Waals surface area contributed by atoms with Crippen molar-refractivity contribution in [3.05, 3.63) is 36.8 Å². The van der Waals surface area contributed by atoms with Crippen LogP contribution in [0.2, 0.25) is 0 Å². The van der Waals surface area contributed by atoms with Crippen LogP contribution in [0.4, 0.5) is 0 Å². The Hall–Kier alpha value is -1.51. The van der Waals surface area contributed by atoms with Crippen molar-refractivity contribution < 1.29 is 0 Å². The lowest BCUT2D eigenvalue weighted by atomic mass is 10.3. The molecule has 3 N–H and O–H groups in total. The van der Waals surface area contributed by atoms with Gasteiger partial charge in [0.2, 0.25) is 0 Å². The number of aliphatic imine (C=N–C) groups is 1. The van der Waals surface area contributed by atoms with Gasteiger partial charge in [0.25, 0.3) is 0 Å². The van der Waals surface area contributed by atoms with Gasteiger partial charge in [0.05, 0.1) is 0 Å². The van der Waals surface area contributed by atoms with E-state index in [1.165, 1.54) is 6.20 Å². The van der Waals surface area contributed by atoms with Crippen LogP contribution < -0.4 is 11.1 Å². The molecule has 0 fully saturated rings.